The second-order valence-electron chi connectivity index (χ2n) is 4.91. The van der Waals surface area contributed by atoms with E-state index in [4.69, 9.17) is 9.47 Å². The number of benzene rings is 1. The Morgan fingerprint density at radius 3 is 2.76 bits per heavy atom. The third kappa shape index (κ3) is 3.88. The molecular weight excluding hydrogens is 266 g/mol. The Balaban J connectivity index is 2.04. The first-order valence-electron chi connectivity index (χ1n) is 7.12. The van der Waals surface area contributed by atoms with Crippen LogP contribution in [0.5, 0.6) is 5.75 Å². The predicted molar refractivity (Wildman–Crippen MR) is 81.9 cm³/mol. The van der Waals surface area contributed by atoms with Crippen LogP contribution in [-0.4, -0.2) is 24.7 Å². The zero-order valence-corrected chi connectivity index (χ0v) is 12.7. The van der Waals surface area contributed by atoms with Crippen molar-refractivity contribution in [3.8, 4) is 5.75 Å². The molecule has 4 nitrogen and oxygen atoms in total. The van der Waals surface area contributed by atoms with Crippen LogP contribution in [0.25, 0.3) is 0 Å². The van der Waals surface area contributed by atoms with Crippen molar-refractivity contribution >= 4 is 5.97 Å². The highest BCUT2D eigenvalue weighted by molar-refractivity contribution is 5.87. The second-order valence-corrected chi connectivity index (χ2v) is 4.91. The first kappa shape index (κ1) is 15.2. The van der Waals surface area contributed by atoms with Gasteiger partial charge in [0.25, 0.3) is 0 Å². The minimum Gasteiger partial charge on any atom is -0.497 e. The highest BCUT2D eigenvalue weighted by Crippen LogP contribution is 2.17. The molecule has 0 saturated carbocycles. The Bertz CT molecular complexity index is 616. The normalized spacial score (nSPS) is 10.4. The van der Waals surface area contributed by atoms with Crippen molar-refractivity contribution in [1.29, 1.82) is 0 Å². The van der Waals surface area contributed by atoms with E-state index in [1.54, 1.807) is 14.0 Å². The molecule has 4 heteroatoms. The molecule has 0 aliphatic rings. The van der Waals surface area contributed by atoms with E-state index >= 15 is 0 Å². The fourth-order valence-corrected chi connectivity index (χ4v) is 2.29. The number of nitrogens with one attached hydrogen (secondary N) is 1. The van der Waals surface area contributed by atoms with Crippen LogP contribution in [-0.2, 0) is 17.6 Å². The van der Waals surface area contributed by atoms with Gasteiger partial charge in [-0.2, -0.15) is 0 Å². The van der Waals surface area contributed by atoms with E-state index in [1.807, 2.05) is 31.2 Å². The highest BCUT2D eigenvalue weighted by atomic mass is 16.5. The third-order valence-corrected chi connectivity index (χ3v) is 3.43. The van der Waals surface area contributed by atoms with E-state index in [1.165, 1.54) is 5.56 Å². The van der Waals surface area contributed by atoms with Gasteiger partial charge in [0.15, 0.2) is 0 Å². The topological polar surface area (TPSA) is 51.3 Å². The maximum atomic E-state index is 11.7. The van der Waals surface area contributed by atoms with Crippen LogP contribution in [0.1, 0.15) is 34.2 Å². The Kier molecular flexibility index (Phi) is 5.04. The number of aryl methyl sites for hydroxylation is 3. The van der Waals surface area contributed by atoms with Crippen molar-refractivity contribution in [3.63, 3.8) is 0 Å². The summed E-state index contributed by atoms with van der Waals surface area (Å²) in [5.74, 6) is 0.568. The van der Waals surface area contributed by atoms with Crippen molar-refractivity contribution < 1.29 is 14.3 Å². The van der Waals surface area contributed by atoms with Gasteiger partial charge >= 0.3 is 5.97 Å². The summed E-state index contributed by atoms with van der Waals surface area (Å²) in [6, 6.07) is 9.92. The van der Waals surface area contributed by atoms with E-state index in [2.05, 4.69) is 11.1 Å². The number of carbonyl (C=O) groups is 1. The first-order chi connectivity index (χ1) is 10.1. The van der Waals surface area contributed by atoms with E-state index in [0.717, 1.165) is 29.8 Å². The molecule has 1 aromatic carbocycles. The summed E-state index contributed by atoms with van der Waals surface area (Å²) in [6.45, 7) is 4.16. The maximum absolute atomic E-state index is 11.7. The molecule has 0 amide bonds. The molecule has 1 heterocycles. The lowest BCUT2D eigenvalue weighted by molar-refractivity contribution is 0.0520. The molecule has 0 atom stereocenters. The number of aromatic nitrogens is 1. The number of aromatic amines is 1. The van der Waals surface area contributed by atoms with Crippen molar-refractivity contribution in [3.05, 3.63) is 52.8 Å². The monoisotopic (exact) mass is 287 g/mol. The molecule has 0 bridgehead atoms. The van der Waals surface area contributed by atoms with Gasteiger partial charge in [0, 0.05) is 5.69 Å². The SMILES string of the molecule is CCOC(=O)c1cc(CCc2cccc(OC)c2)c(C)[nH]1. The average Bonchev–Trinajstić information content (AvgIpc) is 2.87. The standard InChI is InChI=1S/C17H21NO3/c1-4-21-17(19)16-11-14(12(2)18-16)9-8-13-6-5-7-15(10-13)20-3/h5-7,10-11,18H,4,8-9H2,1-3H3. The Hall–Kier alpha value is -2.23. The van der Waals surface area contributed by atoms with Gasteiger partial charge in [0.05, 0.1) is 13.7 Å². The quantitative estimate of drug-likeness (QED) is 0.829. The smallest absolute Gasteiger partial charge is 0.354 e. The molecule has 0 radical (unpaired) electrons. The predicted octanol–water partition coefficient (Wildman–Crippen LogP) is 3.29. The molecule has 21 heavy (non-hydrogen) atoms. The third-order valence-electron chi connectivity index (χ3n) is 3.43. The van der Waals surface area contributed by atoms with Gasteiger partial charge < -0.3 is 14.5 Å². The number of methoxy groups -OCH3 is 1. The van der Waals surface area contributed by atoms with Crippen LogP contribution in [0.3, 0.4) is 0 Å². The highest BCUT2D eigenvalue weighted by Gasteiger charge is 2.12. The minimum absolute atomic E-state index is 0.298. The van der Waals surface area contributed by atoms with Crippen LogP contribution in [0, 0.1) is 6.92 Å². The van der Waals surface area contributed by atoms with Crippen molar-refractivity contribution in [2.24, 2.45) is 0 Å². The van der Waals surface area contributed by atoms with E-state index < -0.39 is 0 Å². The molecule has 0 spiro atoms. The van der Waals surface area contributed by atoms with Crippen LogP contribution < -0.4 is 4.74 Å². The molecule has 2 aromatic rings. The Morgan fingerprint density at radius 2 is 2.05 bits per heavy atom. The van der Waals surface area contributed by atoms with Gasteiger partial charge in [0.1, 0.15) is 11.4 Å². The second kappa shape index (κ2) is 6.97. The summed E-state index contributed by atoms with van der Waals surface area (Å²) in [5, 5.41) is 0. The molecule has 1 aromatic heterocycles. The molecule has 0 fully saturated rings. The number of rotatable bonds is 6. The van der Waals surface area contributed by atoms with Crippen LogP contribution >= 0.6 is 0 Å². The van der Waals surface area contributed by atoms with Crippen LogP contribution in [0.4, 0.5) is 0 Å². The van der Waals surface area contributed by atoms with Crippen LogP contribution in [0.2, 0.25) is 0 Å². The number of esters is 1. The van der Waals surface area contributed by atoms with Crippen molar-refractivity contribution in [2.45, 2.75) is 26.7 Å². The Labute approximate surface area is 125 Å². The maximum Gasteiger partial charge on any atom is 0.354 e. The van der Waals surface area contributed by atoms with Gasteiger partial charge in [-0.1, -0.05) is 12.1 Å². The van der Waals surface area contributed by atoms with Gasteiger partial charge in [0.2, 0.25) is 0 Å². The molecule has 0 aliphatic carbocycles. The van der Waals surface area contributed by atoms with Crippen molar-refractivity contribution in [2.75, 3.05) is 13.7 Å². The molecule has 1 N–H and O–H groups in total. The summed E-state index contributed by atoms with van der Waals surface area (Å²) in [7, 11) is 1.67. The number of carbonyl (C=O) groups excluding carboxylic acids is 1. The summed E-state index contributed by atoms with van der Waals surface area (Å²) < 4.78 is 10.2. The molecule has 0 aliphatic heterocycles. The van der Waals surface area contributed by atoms with E-state index in [-0.39, 0.29) is 5.97 Å². The summed E-state index contributed by atoms with van der Waals surface area (Å²) >= 11 is 0. The summed E-state index contributed by atoms with van der Waals surface area (Å²) in [4.78, 5) is 14.8. The number of ether oxygens (including phenoxy) is 2. The largest absolute Gasteiger partial charge is 0.497 e. The van der Waals surface area contributed by atoms with Gasteiger partial charge in [-0.3, -0.25) is 0 Å². The lowest BCUT2D eigenvalue weighted by Gasteiger charge is -2.04. The zero-order chi connectivity index (χ0) is 15.2. The molecule has 0 saturated heterocycles. The fraction of sp³-hybridized carbons (Fsp3) is 0.353. The average molecular weight is 287 g/mol. The van der Waals surface area contributed by atoms with Gasteiger partial charge in [-0.15, -0.1) is 0 Å². The number of H-pyrrole nitrogens is 1. The minimum atomic E-state index is -0.298. The van der Waals surface area contributed by atoms with Crippen molar-refractivity contribution in [1.82, 2.24) is 4.98 Å². The number of hydrogen-bond acceptors (Lipinski definition) is 3. The fourth-order valence-electron chi connectivity index (χ4n) is 2.29. The van der Waals surface area contributed by atoms with E-state index in [9.17, 15) is 4.79 Å². The molecule has 112 valence electrons. The summed E-state index contributed by atoms with van der Waals surface area (Å²) in [5.41, 5.74) is 3.89. The van der Waals surface area contributed by atoms with Gasteiger partial charge in [-0.05, 0) is 56.0 Å². The van der Waals surface area contributed by atoms with Gasteiger partial charge in [-0.25, -0.2) is 4.79 Å². The molecule has 0 unspecified atom stereocenters. The van der Waals surface area contributed by atoms with E-state index in [0.29, 0.717) is 12.3 Å². The number of hydrogen-bond donors (Lipinski definition) is 1. The van der Waals surface area contributed by atoms with Crippen LogP contribution in [0.15, 0.2) is 30.3 Å². The zero-order valence-electron chi connectivity index (χ0n) is 12.7. The summed E-state index contributed by atoms with van der Waals surface area (Å²) in [6.07, 6.45) is 1.77. The lowest BCUT2D eigenvalue weighted by atomic mass is 10.0. The lowest BCUT2D eigenvalue weighted by Crippen LogP contribution is -2.04. The first-order valence-corrected chi connectivity index (χ1v) is 7.12. The Morgan fingerprint density at radius 1 is 1.24 bits per heavy atom. The molecular formula is C17H21NO3. The molecule has 2 rings (SSSR count).